The van der Waals surface area contributed by atoms with Crippen LogP contribution in [0.25, 0.3) is 0 Å². The van der Waals surface area contributed by atoms with Gasteiger partial charge in [0.1, 0.15) is 0 Å². The lowest BCUT2D eigenvalue weighted by Gasteiger charge is -1.96. The van der Waals surface area contributed by atoms with Crippen LogP contribution in [-0.2, 0) is 0 Å². The minimum absolute atomic E-state index is 0.528. The summed E-state index contributed by atoms with van der Waals surface area (Å²) in [6.45, 7) is 0. The van der Waals surface area contributed by atoms with Gasteiger partial charge < -0.3 is 40.2 Å². The Morgan fingerprint density at radius 1 is 0.310 bits per heavy atom. The molecule has 4 aromatic carbocycles. The molecule has 42 heavy (non-hydrogen) atoms. The highest BCUT2D eigenvalue weighted by atomic mass is 127. The van der Waals surface area contributed by atoms with E-state index < -0.39 is 28.5 Å². The van der Waals surface area contributed by atoms with E-state index in [9.17, 15) is 0 Å². The van der Waals surface area contributed by atoms with E-state index in [2.05, 4.69) is 90.4 Å². The highest BCUT2D eigenvalue weighted by Crippen LogP contribution is 2.02. The lowest BCUT2D eigenvalue weighted by molar-refractivity contribution is 0.424. The van der Waals surface area contributed by atoms with Crippen LogP contribution in [0.1, 0.15) is 0 Å². The summed E-state index contributed by atoms with van der Waals surface area (Å²) in [5.74, 6) is 0. The molecular formula is C24H24B4I4O10. The van der Waals surface area contributed by atoms with Gasteiger partial charge in [-0.1, -0.05) is 48.5 Å². The van der Waals surface area contributed by atoms with E-state index in [4.69, 9.17) is 50.1 Å². The summed E-state index contributed by atoms with van der Waals surface area (Å²) in [6.07, 6.45) is 0. The Bertz CT molecular complexity index is 1060. The average molecular weight is 1020 g/mol. The molecule has 220 valence electrons. The second-order valence-electron chi connectivity index (χ2n) is 7.70. The van der Waals surface area contributed by atoms with Crippen LogP contribution in [0.3, 0.4) is 0 Å². The molecule has 0 aliphatic carbocycles. The van der Waals surface area contributed by atoms with Crippen LogP contribution < -0.4 is 21.9 Å². The number of halogens is 4. The molecule has 0 saturated carbocycles. The number of rotatable bonds is 4. The van der Waals surface area contributed by atoms with Crippen molar-refractivity contribution >= 4 is 141 Å². The molecule has 0 spiro atoms. The highest BCUT2D eigenvalue weighted by molar-refractivity contribution is 14.1. The molecular weight excluding hydrogens is 999 g/mol. The fraction of sp³-hybridized carbons (Fsp3) is 0. The first-order valence-corrected chi connectivity index (χ1v) is 15.7. The molecule has 0 radical (unpaired) electrons. The fourth-order valence-electron chi connectivity index (χ4n) is 2.54. The van der Waals surface area contributed by atoms with Crippen LogP contribution in [0.2, 0.25) is 0 Å². The predicted molar refractivity (Wildman–Crippen MR) is 203 cm³/mol. The summed E-state index contributed by atoms with van der Waals surface area (Å²) >= 11 is 8.63. The van der Waals surface area contributed by atoms with Gasteiger partial charge >= 0.3 is 28.5 Å². The van der Waals surface area contributed by atoms with Gasteiger partial charge in [0.15, 0.2) is 0 Å². The molecule has 0 heterocycles. The zero-order chi connectivity index (χ0) is 32.2. The van der Waals surface area contributed by atoms with Crippen LogP contribution in [0, 0.1) is 24.2 Å². The molecule has 10 nitrogen and oxygen atoms in total. The maximum Gasteiger partial charge on any atom is 0.488 e. The number of benzene rings is 4. The van der Waals surface area contributed by atoms with Gasteiger partial charge in [-0.2, -0.15) is 0 Å². The second kappa shape index (κ2) is 23.7. The van der Waals surface area contributed by atoms with E-state index in [1.54, 1.807) is 48.5 Å². The monoisotopic (exact) mass is 1020 g/mol. The van der Waals surface area contributed by atoms with E-state index >= 15 is 0 Å². The Hall–Kier alpha value is -0.660. The standard InChI is InChI=1S/4C6H6BIO2.O2/c4*8-6-3-1-5(2-4-6)7(9)10;1-2/h4*1-4,9-10H;. The van der Waals surface area contributed by atoms with Crippen LogP contribution in [0.5, 0.6) is 0 Å². The third kappa shape index (κ3) is 18.9. The van der Waals surface area contributed by atoms with Crippen molar-refractivity contribution in [3.63, 3.8) is 0 Å². The largest absolute Gasteiger partial charge is 0.488 e. The normalized spacial score (nSPS) is 9.14. The molecule has 0 aliphatic rings. The molecule has 0 amide bonds. The van der Waals surface area contributed by atoms with Crippen molar-refractivity contribution in [2.75, 3.05) is 0 Å². The second-order valence-corrected chi connectivity index (χ2v) is 12.7. The van der Waals surface area contributed by atoms with Crippen LogP contribution in [0.15, 0.2) is 97.1 Å². The van der Waals surface area contributed by atoms with Crippen molar-refractivity contribution in [2.24, 2.45) is 0 Å². The van der Waals surface area contributed by atoms with Crippen molar-refractivity contribution in [1.29, 1.82) is 0 Å². The smallest absolute Gasteiger partial charge is 0.423 e. The van der Waals surface area contributed by atoms with Gasteiger partial charge in [0.25, 0.3) is 0 Å². The van der Waals surface area contributed by atoms with Gasteiger partial charge in [0.05, 0.1) is 0 Å². The Kier molecular flexibility index (Phi) is 23.3. The molecule has 0 unspecified atom stereocenters. The molecule has 4 aromatic rings. The lowest BCUT2D eigenvalue weighted by Crippen LogP contribution is -2.29. The van der Waals surface area contributed by atoms with Crippen LogP contribution >= 0.6 is 90.4 Å². The maximum atomic E-state index is 8.67. The molecule has 0 fully saturated rings. The lowest BCUT2D eigenvalue weighted by atomic mass is 9.81. The summed E-state index contributed by atoms with van der Waals surface area (Å²) in [7, 11) is -5.40. The van der Waals surface area contributed by atoms with Gasteiger partial charge in [-0.15, -0.1) is 0 Å². The van der Waals surface area contributed by atoms with E-state index in [1.165, 1.54) is 0 Å². The van der Waals surface area contributed by atoms with Crippen molar-refractivity contribution in [3.05, 3.63) is 121 Å². The van der Waals surface area contributed by atoms with E-state index in [-0.39, 0.29) is 0 Å². The quantitative estimate of drug-likeness (QED) is 0.102. The van der Waals surface area contributed by atoms with Gasteiger partial charge in [-0.3, -0.25) is 0 Å². The third-order valence-corrected chi connectivity index (χ3v) is 7.55. The van der Waals surface area contributed by atoms with Crippen LogP contribution in [0.4, 0.5) is 0 Å². The Morgan fingerprint density at radius 3 is 0.524 bits per heavy atom. The van der Waals surface area contributed by atoms with E-state index in [0.29, 0.717) is 21.9 Å². The zero-order valence-corrected chi connectivity index (χ0v) is 30.1. The average Bonchev–Trinajstić information content (AvgIpc) is 2.96. The molecule has 0 aromatic heterocycles. The Labute approximate surface area is 299 Å². The maximum absolute atomic E-state index is 8.67. The molecule has 4 rings (SSSR count). The fourth-order valence-corrected chi connectivity index (χ4v) is 3.98. The van der Waals surface area contributed by atoms with Crippen LogP contribution in [-0.4, -0.2) is 68.7 Å². The molecule has 0 aliphatic heterocycles. The molecule has 0 bridgehead atoms. The third-order valence-electron chi connectivity index (χ3n) is 4.67. The van der Waals surface area contributed by atoms with E-state index in [0.717, 1.165) is 14.3 Å². The summed E-state index contributed by atoms with van der Waals surface area (Å²) < 4.78 is 4.34. The highest BCUT2D eigenvalue weighted by Gasteiger charge is 2.10. The van der Waals surface area contributed by atoms with Gasteiger partial charge in [-0.25, -0.2) is 0 Å². The molecule has 0 atom stereocenters. The summed E-state index contributed by atoms with van der Waals surface area (Å²) in [5.41, 5.74) is 2.11. The van der Waals surface area contributed by atoms with Crippen molar-refractivity contribution in [2.45, 2.75) is 0 Å². The number of hydrogen-bond acceptors (Lipinski definition) is 10. The summed E-state index contributed by atoms with van der Waals surface area (Å²) in [4.78, 5) is 14.0. The van der Waals surface area contributed by atoms with E-state index in [1.807, 2.05) is 48.5 Å². The number of hydrogen-bond donors (Lipinski definition) is 8. The molecule has 8 N–H and O–H groups in total. The van der Waals surface area contributed by atoms with Gasteiger partial charge in [-0.05, 0) is 161 Å². The minimum atomic E-state index is -1.35. The zero-order valence-electron chi connectivity index (χ0n) is 21.5. The van der Waals surface area contributed by atoms with Crippen molar-refractivity contribution in [3.8, 4) is 0 Å². The minimum Gasteiger partial charge on any atom is -0.423 e. The Balaban J connectivity index is 0.000000523. The van der Waals surface area contributed by atoms with Gasteiger partial charge in [0, 0.05) is 24.2 Å². The SMILES string of the molecule is O=O.OB(O)c1ccc(I)cc1.OB(O)c1ccc(I)cc1.OB(O)c1ccc(I)cc1.OB(O)c1ccc(I)cc1. The van der Waals surface area contributed by atoms with Crippen molar-refractivity contribution < 1.29 is 40.2 Å². The first-order chi connectivity index (χ1) is 19.8. The van der Waals surface area contributed by atoms with Gasteiger partial charge in [0.2, 0.25) is 0 Å². The first-order valence-electron chi connectivity index (χ1n) is 11.4. The molecule has 0 saturated heterocycles. The summed E-state index contributed by atoms with van der Waals surface area (Å²) in [6, 6.07) is 28.1. The molecule has 18 heteroatoms. The van der Waals surface area contributed by atoms with Crippen molar-refractivity contribution in [1.82, 2.24) is 0 Å². The first kappa shape index (κ1) is 41.3. The topological polar surface area (TPSA) is 196 Å². The Morgan fingerprint density at radius 2 is 0.429 bits per heavy atom. The predicted octanol–water partition coefficient (Wildman–Crippen LogP) is -0.0490. The summed E-state index contributed by atoms with van der Waals surface area (Å²) in [5, 5.41) is 69.3.